The predicted octanol–water partition coefficient (Wildman–Crippen LogP) is 2.83. The minimum atomic E-state index is -0.785. The highest BCUT2D eigenvalue weighted by molar-refractivity contribution is 7.13. The Morgan fingerprint density at radius 2 is 2.21 bits per heavy atom. The van der Waals surface area contributed by atoms with Crippen LogP contribution in [0.3, 0.4) is 0 Å². The van der Waals surface area contributed by atoms with Crippen LogP contribution in [0.5, 0.6) is 0 Å². The van der Waals surface area contributed by atoms with Crippen LogP contribution in [0.4, 0.5) is 5.82 Å². The Bertz CT molecular complexity index is 960. The van der Waals surface area contributed by atoms with E-state index >= 15 is 0 Å². The van der Waals surface area contributed by atoms with Crippen LogP contribution < -0.4 is 5.32 Å². The number of imidazole rings is 1. The Morgan fingerprint density at radius 1 is 1.29 bits per heavy atom. The first-order valence-electron chi connectivity index (χ1n) is 7.40. The van der Waals surface area contributed by atoms with Crippen LogP contribution in [0.15, 0.2) is 46.7 Å². The molecule has 4 heterocycles. The molecule has 0 aliphatic heterocycles. The van der Waals surface area contributed by atoms with Gasteiger partial charge in [-0.15, -0.1) is 11.3 Å². The fourth-order valence-corrected chi connectivity index (χ4v) is 3.14. The minimum absolute atomic E-state index is 0.264. The van der Waals surface area contributed by atoms with Gasteiger partial charge in [0.25, 0.3) is 0 Å². The van der Waals surface area contributed by atoms with Crippen molar-refractivity contribution in [1.82, 2.24) is 19.5 Å². The molecular formula is C16H15N5O2S. The van der Waals surface area contributed by atoms with Crippen LogP contribution in [0.25, 0.3) is 21.8 Å². The number of aliphatic hydroxyl groups is 1. The van der Waals surface area contributed by atoms with E-state index in [1.807, 2.05) is 35.2 Å². The van der Waals surface area contributed by atoms with Crippen molar-refractivity contribution in [1.29, 1.82) is 0 Å². The van der Waals surface area contributed by atoms with Crippen molar-refractivity contribution in [3.05, 3.63) is 48.1 Å². The second-order valence-corrected chi connectivity index (χ2v) is 6.27. The largest absolute Gasteiger partial charge is 0.457 e. The fourth-order valence-electron chi connectivity index (χ4n) is 2.45. The molecule has 1 unspecified atom stereocenters. The quantitative estimate of drug-likeness (QED) is 0.580. The van der Waals surface area contributed by atoms with Crippen molar-refractivity contribution < 1.29 is 9.52 Å². The normalized spacial score (nSPS) is 12.6. The van der Waals surface area contributed by atoms with E-state index in [0.29, 0.717) is 17.1 Å². The van der Waals surface area contributed by atoms with Crippen molar-refractivity contribution in [3.8, 4) is 10.6 Å². The first kappa shape index (κ1) is 14.9. The summed E-state index contributed by atoms with van der Waals surface area (Å²) < 4.78 is 7.56. The van der Waals surface area contributed by atoms with E-state index in [2.05, 4.69) is 20.3 Å². The minimum Gasteiger partial charge on any atom is -0.457 e. The van der Waals surface area contributed by atoms with E-state index in [-0.39, 0.29) is 6.54 Å². The van der Waals surface area contributed by atoms with E-state index in [4.69, 9.17) is 4.42 Å². The third-order valence-corrected chi connectivity index (χ3v) is 4.56. The molecule has 0 saturated heterocycles. The predicted molar refractivity (Wildman–Crippen MR) is 91.8 cm³/mol. The molecule has 0 aliphatic rings. The Morgan fingerprint density at radius 3 is 3.04 bits per heavy atom. The summed E-state index contributed by atoms with van der Waals surface area (Å²) in [6.45, 7) is 0.264. The zero-order valence-corrected chi connectivity index (χ0v) is 13.7. The molecule has 0 spiro atoms. The Balaban J connectivity index is 1.49. The molecule has 0 fully saturated rings. The molecule has 24 heavy (non-hydrogen) atoms. The van der Waals surface area contributed by atoms with Crippen molar-refractivity contribution in [2.24, 2.45) is 7.05 Å². The monoisotopic (exact) mass is 341 g/mol. The van der Waals surface area contributed by atoms with Gasteiger partial charge in [0.15, 0.2) is 11.5 Å². The van der Waals surface area contributed by atoms with Crippen LogP contribution in [-0.2, 0) is 7.05 Å². The van der Waals surface area contributed by atoms with Crippen molar-refractivity contribution in [3.63, 3.8) is 0 Å². The van der Waals surface area contributed by atoms with E-state index in [1.165, 1.54) is 6.33 Å². The first-order valence-corrected chi connectivity index (χ1v) is 8.28. The maximum atomic E-state index is 10.3. The maximum absolute atomic E-state index is 10.3. The highest BCUT2D eigenvalue weighted by Gasteiger charge is 2.15. The molecule has 4 rings (SSSR count). The summed E-state index contributed by atoms with van der Waals surface area (Å²) >= 11 is 1.60. The van der Waals surface area contributed by atoms with Gasteiger partial charge in [0, 0.05) is 13.6 Å². The molecule has 2 N–H and O–H groups in total. The number of hydrogen-bond donors (Lipinski definition) is 2. The summed E-state index contributed by atoms with van der Waals surface area (Å²) in [4.78, 5) is 13.7. The summed E-state index contributed by atoms with van der Waals surface area (Å²) in [7, 11) is 1.87. The van der Waals surface area contributed by atoms with E-state index in [1.54, 1.807) is 23.7 Å². The molecule has 0 aliphatic carbocycles. The number of aliphatic hydroxyl groups excluding tert-OH is 1. The van der Waals surface area contributed by atoms with E-state index < -0.39 is 6.10 Å². The van der Waals surface area contributed by atoms with E-state index in [0.717, 1.165) is 16.3 Å². The number of furan rings is 1. The topological polar surface area (TPSA) is 89.0 Å². The Labute approximate surface area is 141 Å². The standard InChI is InChI=1S/C16H15N5O2S/c1-21-9-20-14-15(18-8-19-16(14)21)17-7-10(22)11-4-5-12(23-11)13-3-2-6-24-13/h2-6,8-10,22H,7H2,1H3,(H,17,18,19). The van der Waals surface area contributed by atoms with Gasteiger partial charge in [-0.3, -0.25) is 0 Å². The van der Waals surface area contributed by atoms with Gasteiger partial charge in [0.2, 0.25) is 0 Å². The number of aromatic nitrogens is 4. The zero-order chi connectivity index (χ0) is 16.5. The number of fused-ring (bicyclic) bond motifs is 1. The SMILES string of the molecule is Cn1cnc2c(NCC(O)c3ccc(-c4cccs4)o3)ncnc21. The average Bonchev–Trinajstić information content (AvgIpc) is 3.33. The van der Waals surface area contributed by atoms with Gasteiger partial charge < -0.3 is 19.4 Å². The van der Waals surface area contributed by atoms with Crippen LogP contribution >= 0.6 is 11.3 Å². The highest BCUT2D eigenvalue weighted by Crippen LogP contribution is 2.29. The number of rotatable bonds is 5. The smallest absolute Gasteiger partial charge is 0.165 e. The molecule has 8 heteroatoms. The number of thiophene rings is 1. The number of nitrogens with one attached hydrogen (secondary N) is 1. The molecule has 0 bridgehead atoms. The van der Waals surface area contributed by atoms with Crippen LogP contribution in [0, 0.1) is 0 Å². The van der Waals surface area contributed by atoms with Crippen molar-refractivity contribution in [2.45, 2.75) is 6.10 Å². The first-order chi connectivity index (χ1) is 11.7. The number of anilines is 1. The lowest BCUT2D eigenvalue weighted by Gasteiger charge is -2.10. The Hall–Kier alpha value is -2.71. The summed E-state index contributed by atoms with van der Waals surface area (Å²) in [5.74, 6) is 1.86. The molecule has 0 aromatic carbocycles. The number of aryl methyl sites for hydroxylation is 1. The van der Waals surface area contributed by atoms with Gasteiger partial charge in [0.05, 0.1) is 11.2 Å². The molecule has 4 aromatic rings. The average molecular weight is 341 g/mol. The van der Waals surface area contributed by atoms with Gasteiger partial charge in [-0.1, -0.05) is 6.07 Å². The van der Waals surface area contributed by atoms with Crippen molar-refractivity contribution >= 4 is 28.3 Å². The zero-order valence-electron chi connectivity index (χ0n) is 12.9. The molecule has 122 valence electrons. The van der Waals surface area contributed by atoms with Crippen LogP contribution in [0.1, 0.15) is 11.9 Å². The summed E-state index contributed by atoms with van der Waals surface area (Å²) in [5, 5.41) is 15.4. The fraction of sp³-hybridized carbons (Fsp3) is 0.188. The molecular weight excluding hydrogens is 326 g/mol. The highest BCUT2D eigenvalue weighted by atomic mass is 32.1. The van der Waals surface area contributed by atoms with Gasteiger partial charge in [-0.2, -0.15) is 0 Å². The van der Waals surface area contributed by atoms with Gasteiger partial charge in [-0.05, 0) is 23.6 Å². The molecule has 4 aromatic heterocycles. The Kier molecular flexibility index (Phi) is 3.75. The van der Waals surface area contributed by atoms with Crippen LogP contribution in [0.2, 0.25) is 0 Å². The summed E-state index contributed by atoms with van der Waals surface area (Å²) in [6.07, 6.45) is 2.37. The van der Waals surface area contributed by atoms with Crippen molar-refractivity contribution in [2.75, 3.05) is 11.9 Å². The molecule has 0 saturated carbocycles. The molecule has 1 atom stereocenters. The lowest BCUT2D eigenvalue weighted by Crippen LogP contribution is -2.13. The second kappa shape index (κ2) is 6.06. The van der Waals surface area contributed by atoms with E-state index in [9.17, 15) is 5.11 Å². The molecule has 7 nitrogen and oxygen atoms in total. The maximum Gasteiger partial charge on any atom is 0.165 e. The van der Waals surface area contributed by atoms with Gasteiger partial charge in [-0.25, -0.2) is 15.0 Å². The number of hydrogen-bond acceptors (Lipinski definition) is 7. The lowest BCUT2D eigenvalue weighted by atomic mass is 10.2. The number of nitrogens with zero attached hydrogens (tertiary/aromatic N) is 4. The third-order valence-electron chi connectivity index (χ3n) is 3.68. The third kappa shape index (κ3) is 2.66. The second-order valence-electron chi connectivity index (χ2n) is 5.33. The van der Waals surface area contributed by atoms with Crippen LogP contribution in [-0.4, -0.2) is 31.2 Å². The van der Waals surface area contributed by atoms with Gasteiger partial charge in [0.1, 0.15) is 29.5 Å². The molecule has 0 radical (unpaired) electrons. The lowest BCUT2D eigenvalue weighted by molar-refractivity contribution is 0.163. The summed E-state index contributed by atoms with van der Waals surface area (Å²) in [5.41, 5.74) is 1.41. The van der Waals surface area contributed by atoms with Gasteiger partial charge >= 0.3 is 0 Å². The summed E-state index contributed by atoms with van der Waals surface area (Å²) in [6, 6.07) is 7.60. The molecule has 0 amide bonds.